The van der Waals surface area contributed by atoms with E-state index >= 15 is 0 Å². The standard InChI is InChI=1S/C23H23N5O3S/c1-3-19(29)24-17-8-6-15(7-9-17)21(31)25-23-27-26-22(32-23)16-12-20(30)28(13-16)18-10-4-14(2)5-11-18/h4-11,16H,3,12-13H2,1-2H3,(H,24,29)(H,25,27,31). The summed E-state index contributed by atoms with van der Waals surface area (Å²) in [6.07, 6.45) is 0.748. The van der Waals surface area contributed by atoms with Crippen LogP contribution in [0.1, 0.15) is 46.6 Å². The second-order valence-electron chi connectivity index (χ2n) is 7.62. The molecule has 0 radical (unpaired) electrons. The minimum Gasteiger partial charge on any atom is -0.326 e. The van der Waals surface area contributed by atoms with Gasteiger partial charge in [-0.05, 0) is 43.3 Å². The Bertz CT molecular complexity index is 1140. The molecule has 2 N–H and O–H groups in total. The first-order valence-electron chi connectivity index (χ1n) is 10.3. The molecule has 0 bridgehead atoms. The van der Waals surface area contributed by atoms with Crippen molar-refractivity contribution in [3.63, 3.8) is 0 Å². The Morgan fingerprint density at radius 3 is 2.47 bits per heavy atom. The maximum atomic E-state index is 12.5. The molecule has 0 aliphatic carbocycles. The third-order valence-corrected chi connectivity index (χ3v) is 6.23. The maximum absolute atomic E-state index is 12.5. The van der Waals surface area contributed by atoms with Crippen molar-refractivity contribution in [3.8, 4) is 0 Å². The highest BCUT2D eigenvalue weighted by molar-refractivity contribution is 7.15. The molecule has 32 heavy (non-hydrogen) atoms. The first-order chi connectivity index (χ1) is 15.4. The molecule has 1 aliphatic heterocycles. The van der Waals surface area contributed by atoms with E-state index in [1.807, 2.05) is 31.2 Å². The highest BCUT2D eigenvalue weighted by Gasteiger charge is 2.34. The third kappa shape index (κ3) is 4.83. The summed E-state index contributed by atoms with van der Waals surface area (Å²) in [6, 6.07) is 14.5. The highest BCUT2D eigenvalue weighted by Crippen LogP contribution is 2.34. The number of rotatable bonds is 6. The summed E-state index contributed by atoms with van der Waals surface area (Å²) in [6.45, 7) is 4.32. The summed E-state index contributed by atoms with van der Waals surface area (Å²) in [7, 11) is 0. The van der Waals surface area contributed by atoms with Crippen molar-refractivity contribution >= 4 is 45.6 Å². The lowest BCUT2D eigenvalue weighted by Crippen LogP contribution is -2.24. The van der Waals surface area contributed by atoms with E-state index in [0.717, 1.165) is 16.3 Å². The van der Waals surface area contributed by atoms with Gasteiger partial charge in [-0.3, -0.25) is 19.7 Å². The number of carbonyl (C=O) groups excluding carboxylic acids is 3. The molecule has 0 spiro atoms. The average molecular weight is 450 g/mol. The van der Waals surface area contributed by atoms with Gasteiger partial charge in [-0.25, -0.2) is 0 Å². The van der Waals surface area contributed by atoms with Crippen molar-refractivity contribution < 1.29 is 14.4 Å². The number of hydrogen-bond acceptors (Lipinski definition) is 6. The molecule has 8 nitrogen and oxygen atoms in total. The van der Waals surface area contributed by atoms with Crippen LogP contribution in [-0.4, -0.2) is 34.5 Å². The summed E-state index contributed by atoms with van der Waals surface area (Å²) < 4.78 is 0. The van der Waals surface area contributed by atoms with Gasteiger partial charge in [-0.1, -0.05) is 36.0 Å². The molecular formula is C23H23N5O3S. The Labute approximate surface area is 189 Å². The largest absolute Gasteiger partial charge is 0.326 e. The Morgan fingerprint density at radius 2 is 1.78 bits per heavy atom. The normalized spacial score (nSPS) is 15.6. The molecule has 2 aromatic carbocycles. The van der Waals surface area contributed by atoms with Gasteiger partial charge < -0.3 is 10.2 Å². The van der Waals surface area contributed by atoms with E-state index in [1.165, 1.54) is 11.3 Å². The number of nitrogens with one attached hydrogen (secondary N) is 2. The van der Waals surface area contributed by atoms with E-state index in [4.69, 9.17) is 0 Å². The number of anilines is 3. The fourth-order valence-corrected chi connectivity index (χ4v) is 4.25. The van der Waals surface area contributed by atoms with Crippen LogP contribution in [0.5, 0.6) is 0 Å². The minimum atomic E-state index is -0.315. The molecule has 1 saturated heterocycles. The number of carbonyl (C=O) groups is 3. The molecule has 0 saturated carbocycles. The summed E-state index contributed by atoms with van der Waals surface area (Å²) in [5.41, 5.74) is 3.09. The molecule has 3 amide bonds. The molecule has 9 heteroatoms. The number of hydrogen-bond donors (Lipinski definition) is 2. The number of amides is 3. The maximum Gasteiger partial charge on any atom is 0.257 e. The van der Waals surface area contributed by atoms with Crippen LogP contribution in [-0.2, 0) is 9.59 Å². The zero-order valence-electron chi connectivity index (χ0n) is 17.8. The van der Waals surface area contributed by atoms with Crippen molar-refractivity contribution in [1.82, 2.24) is 10.2 Å². The SMILES string of the molecule is CCC(=O)Nc1ccc(C(=O)Nc2nnc(C3CC(=O)N(c4ccc(C)cc4)C3)s2)cc1. The van der Waals surface area contributed by atoms with Crippen LogP contribution in [0.3, 0.4) is 0 Å². The lowest BCUT2D eigenvalue weighted by molar-refractivity contribution is -0.117. The highest BCUT2D eigenvalue weighted by atomic mass is 32.1. The minimum absolute atomic E-state index is 0.0508. The van der Waals surface area contributed by atoms with Gasteiger partial charge in [0.05, 0.1) is 0 Å². The Kier molecular flexibility index (Phi) is 6.27. The van der Waals surface area contributed by atoms with Gasteiger partial charge in [-0.2, -0.15) is 0 Å². The Balaban J connectivity index is 1.38. The second-order valence-corrected chi connectivity index (χ2v) is 8.63. The van der Waals surface area contributed by atoms with Crippen LogP contribution in [0, 0.1) is 6.92 Å². The third-order valence-electron chi connectivity index (χ3n) is 5.23. The van der Waals surface area contributed by atoms with E-state index < -0.39 is 0 Å². The van der Waals surface area contributed by atoms with Crippen molar-refractivity contribution in [2.45, 2.75) is 32.6 Å². The smallest absolute Gasteiger partial charge is 0.257 e. The molecule has 2 heterocycles. The first kappa shape index (κ1) is 21.6. The average Bonchev–Trinajstić information content (AvgIpc) is 3.41. The number of aromatic nitrogens is 2. The van der Waals surface area contributed by atoms with Gasteiger partial charge in [0.2, 0.25) is 16.9 Å². The molecule has 164 valence electrons. The zero-order valence-corrected chi connectivity index (χ0v) is 18.6. The van der Waals surface area contributed by atoms with Gasteiger partial charge in [0.25, 0.3) is 5.91 Å². The quantitative estimate of drug-likeness (QED) is 0.593. The predicted molar refractivity (Wildman–Crippen MR) is 124 cm³/mol. The Hall–Kier alpha value is -3.59. The lowest BCUT2D eigenvalue weighted by atomic mass is 10.1. The van der Waals surface area contributed by atoms with Crippen LogP contribution in [0.2, 0.25) is 0 Å². The molecule has 1 fully saturated rings. The van der Waals surface area contributed by atoms with E-state index in [1.54, 1.807) is 36.1 Å². The lowest BCUT2D eigenvalue weighted by Gasteiger charge is -2.16. The van der Waals surface area contributed by atoms with E-state index in [2.05, 4.69) is 20.8 Å². The van der Waals surface area contributed by atoms with Crippen LogP contribution in [0.15, 0.2) is 48.5 Å². The molecular weight excluding hydrogens is 426 g/mol. The summed E-state index contributed by atoms with van der Waals surface area (Å²) in [5, 5.41) is 14.9. The molecule has 1 aromatic heterocycles. The van der Waals surface area contributed by atoms with Crippen LogP contribution < -0.4 is 15.5 Å². The number of nitrogens with zero attached hydrogens (tertiary/aromatic N) is 3. The molecule has 1 aliphatic rings. The fourth-order valence-electron chi connectivity index (χ4n) is 3.42. The van der Waals surface area contributed by atoms with Crippen LogP contribution in [0.25, 0.3) is 0 Å². The second kappa shape index (κ2) is 9.27. The summed E-state index contributed by atoms with van der Waals surface area (Å²) in [5.74, 6) is -0.414. The van der Waals surface area contributed by atoms with Crippen LogP contribution in [0.4, 0.5) is 16.5 Å². The van der Waals surface area contributed by atoms with E-state index in [0.29, 0.717) is 35.8 Å². The summed E-state index contributed by atoms with van der Waals surface area (Å²) in [4.78, 5) is 38.3. The molecule has 3 aromatic rings. The number of aryl methyl sites for hydroxylation is 1. The molecule has 1 unspecified atom stereocenters. The van der Waals surface area contributed by atoms with Crippen molar-refractivity contribution in [1.29, 1.82) is 0 Å². The van der Waals surface area contributed by atoms with Gasteiger partial charge in [0.15, 0.2) is 0 Å². The van der Waals surface area contributed by atoms with Gasteiger partial charge in [0.1, 0.15) is 5.01 Å². The molecule has 1 atom stereocenters. The van der Waals surface area contributed by atoms with Gasteiger partial charge >= 0.3 is 0 Å². The first-order valence-corrected chi connectivity index (χ1v) is 11.2. The van der Waals surface area contributed by atoms with E-state index in [-0.39, 0.29) is 23.6 Å². The Morgan fingerprint density at radius 1 is 1.06 bits per heavy atom. The monoisotopic (exact) mass is 449 g/mol. The predicted octanol–water partition coefficient (Wildman–Crippen LogP) is 3.97. The van der Waals surface area contributed by atoms with E-state index in [9.17, 15) is 14.4 Å². The fraction of sp³-hybridized carbons (Fsp3) is 0.261. The summed E-state index contributed by atoms with van der Waals surface area (Å²) >= 11 is 1.28. The topological polar surface area (TPSA) is 104 Å². The van der Waals surface area contributed by atoms with Gasteiger partial charge in [0, 0.05) is 42.2 Å². The molecule has 4 rings (SSSR count). The van der Waals surface area contributed by atoms with Crippen molar-refractivity contribution in [2.75, 3.05) is 22.1 Å². The zero-order chi connectivity index (χ0) is 22.7. The van der Waals surface area contributed by atoms with Gasteiger partial charge in [-0.15, -0.1) is 10.2 Å². The van der Waals surface area contributed by atoms with Crippen molar-refractivity contribution in [2.24, 2.45) is 0 Å². The number of benzene rings is 2. The van der Waals surface area contributed by atoms with Crippen LogP contribution >= 0.6 is 11.3 Å². The van der Waals surface area contributed by atoms with Crippen molar-refractivity contribution in [3.05, 3.63) is 64.7 Å².